The molecule has 0 fully saturated rings. The van der Waals surface area contributed by atoms with Crippen LogP contribution < -0.4 is 0 Å². The molecule has 0 aliphatic heterocycles. The Kier molecular flexibility index (Phi) is 7.23. The summed E-state index contributed by atoms with van der Waals surface area (Å²) in [6, 6.07) is 0. The molecule has 0 aliphatic rings. The van der Waals surface area contributed by atoms with Gasteiger partial charge in [0.15, 0.2) is 0 Å². The molecule has 80 valence electrons. The number of nitrogens with zero attached hydrogens (tertiary/aromatic N) is 1. The van der Waals surface area contributed by atoms with E-state index in [4.69, 9.17) is 4.74 Å². The zero-order valence-electron chi connectivity index (χ0n) is 9.29. The summed E-state index contributed by atoms with van der Waals surface area (Å²) in [6.45, 7) is 9.58. The van der Waals surface area contributed by atoms with Crippen molar-refractivity contribution in [2.24, 2.45) is 5.92 Å². The first-order chi connectivity index (χ1) is 6.06. The Morgan fingerprint density at radius 3 is 2.23 bits per heavy atom. The molecule has 0 aromatic rings. The van der Waals surface area contributed by atoms with E-state index in [1.807, 2.05) is 6.92 Å². The second-order valence-electron chi connectivity index (χ2n) is 4.00. The Bertz CT molecular complexity index is 105. The van der Waals surface area contributed by atoms with Gasteiger partial charge in [-0.25, -0.2) is 0 Å². The highest BCUT2D eigenvalue weighted by Gasteiger charge is 2.09. The second-order valence-corrected chi connectivity index (χ2v) is 4.00. The van der Waals surface area contributed by atoms with Crippen LogP contribution in [0.3, 0.4) is 0 Å². The summed E-state index contributed by atoms with van der Waals surface area (Å²) in [7, 11) is 1.70. The smallest absolute Gasteiger partial charge is 0.0639 e. The van der Waals surface area contributed by atoms with Crippen LogP contribution in [-0.4, -0.2) is 49.5 Å². The van der Waals surface area contributed by atoms with Crippen LogP contribution in [0.4, 0.5) is 0 Å². The van der Waals surface area contributed by atoms with Crippen molar-refractivity contribution >= 4 is 0 Å². The summed E-state index contributed by atoms with van der Waals surface area (Å²) >= 11 is 0. The molecule has 0 aromatic carbocycles. The maximum Gasteiger partial charge on any atom is 0.0639 e. The highest BCUT2D eigenvalue weighted by atomic mass is 16.5. The molecule has 0 spiro atoms. The van der Waals surface area contributed by atoms with E-state index in [0.717, 1.165) is 26.2 Å². The molecule has 1 atom stereocenters. The number of aliphatic hydroxyl groups excluding tert-OH is 1. The van der Waals surface area contributed by atoms with Crippen molar-refractivity contribution in [1.29, 1.82) is 0 Å². The highest BCUT2D eigenvalue weighted by Crippen LogP contribution is 1.99. The molecule has 0 amide bonds. The molecular weight excluding hydrogens is 166 g/mol. The maximum absolute atomic E-state index is 9.25. The zero-order chi connectivity index (χ0) is 10.3. The first kappa shape index (κ1) is 12.9. The Labute approximate surface area is 81.7 Å². The summed E-state index contributed by atoms with van der Waals surface area (Å²) in [5.74, 6) is 0.635. The topological polar surface area (TPSA) is 32.7 Å². The average molecular weight is 189 g/mol. The fraction of sp³-hybridized carbons (Fsp3) is 1.00. The lowest BCUT2D eigenvalue weighted by Gasteiger charge is -2.24. The van der Waals surface area contributed by atoms with Crippen LogP contribution in [-0.2, 0) is 4.74 Å². The Morgan fingerprint density at radius 2 is 1.85 bits per heavy atom. The molecule has 1 unspecified atom stereocenters. The van der Waals surface area contributed by atoms with Crippen molar-refractivity contribution in [2.45, 2.75) is 26.9 Å². The molecule has 1 N–H and O–H groups in total. The predicted molar refractivity (Wildman–Crippen MR) is 54.8 cm³/mol. The summed E-state index contributed by atoms with van der Waals surface area (Å²) < 4.78 is 5.01. The molecular formula is C10H23NO2. The van der Waals surface area contributed by atoms with Gasteiger partial charge in [0, 0.05) is 26.7 Å². The monoisotopic (exact) mass is 189 g/mol. The van der Waals surface area contributed by atoms with Crippen LogP contribution in [0.1, 0.15) is 20.8 Å². The van der Waals surface area contributed by atoms with Crippen LogP contribution in [0.25, 0.3) is 0 Å². The van der Waals surface area contributed by atoms with Gasteiger partial charge < -0.3 is 9.84 Å². The minimum absolute atomic E-state index is 0.254. The van der Waals surface area contributed by atoms with Gasteiger partial charge >= 0.3 is 0 Å². The van der Waals surface area contributed by atoms with Gasteiger partial charge in [0.25, 0.3) is 0 Å². The number of ether oxygens (including phenoxy) is 1. The molecule has 0 aliphatic carbocycles. The van der Waals surface area contributed by atoms with Crippen molar-refractivity contribution in [2.75, 3.05) is 33.4 Å². The number of rotatable bonds is 7. The van der Waals surface area contributed by atoms with Crippen LogP contribution in [0.15, 0.2) is 0 Å². The van der Waals surface area contributed by atoms with Crippen molar-refractivity contribution in [3.8, 4) is 0 Å². The van der Waals surface area contributed by atoms with E-state index in [-0.39, 0.29) is 6.10 Å². The second kappa shape index (κ2) is 7.30. The fourth-order valence-electron chi connectivity index (χ4n) is 1.37. The van der Waals surface area contributed by atoms with E-state index in [9.17, 15) is 5.11 Å². The highest BCUT2D eigenvalue weighted by molar-refractivity contribution is 4.62. The normalized spacial score (nSPS) is 14.1. The third kappa shape index (κ3) is 8.22. The quantitative estimate of drug-likeness (QED) is 0.648. The van der Waals surface area contributed by atoms with Gasteiger partial charge in [-0.15, -0.1) is 0 Å². The van der Waals surface area contributed by atoms with E-state index in [1.54, 1.807) is 7.11 Å². The minimum atomic E-state index is -0.254. The maximum atomic E-state index is 9.25. The zero-order valence-corrected chi connectivity index (χ0v) is 9.29. The van der Waals surface area contributed by atoms with E-state index in [1.165, 1.54) is 0 Å². The number of hydrogen-bond acceptors (Lipinski definition) is 3. The Balaban J connectivity index is 3.73. The van der Waals surface area contributed by atoms with Crippen molar-refractivity contribution in [3.05, 3.63) is 0 Å². The molecule has 0 saturated carbocycles. The molecule has 13 heavy (non-hydrogen) atoms. The van der Waals surface area contributed by atoms with Gasteiger partial charge in [0.2, 0.25) is 0 Å². The van der Waals surface area contributed by atoms with Gasteiger partial charge in [-0.05, 0) is 12.8 Å². The first-order valence-electron chi connectivity index (χ1n) is 4.95. The lowest BCUT2D eigenvalue weighted by Crippen LogP contribution is -2.36. The van der Waals surface area contributed by atoms with Crippen LogP contribution in [0.2, 0.25) is 0 Å². The van der Waals surface area contributed by atoms with E-state index in [0.29, 0.717) is 5.92 Å². The third-order valence-corrected chi connectivity index (χ3v) is 1.76. The number of methoxy groups -OCH3 is 1. The SMILES string of the molecule is COCCN(CC(C)C)CC(C)O. The predicted octanol–water partition coefficient (Wildman–Crippen LogP) is 0.972. The number of hydrogen-bond donors (Lipinski definition) is 1. The summed E-state index contributed by atoms with van der Waals surface area (Å²) in [4.78, 5) is 2.23. The Hall–Kier alpha value is -0.120. The van der Waals surface area contributed by atoms with Crippen molar-refractivity contribution in [1.82, 2.24) is 4.90 Å². The number of aliphatic hydroxyl groups is 1. The van der Waals surface area contributed by atoms with E-state index >= 15 is 0 Å². The third-order valence-electron chi connectivity index (χ3n) is 1.76. The van der Waals surface area contributed by atoms with Crippen molar-refractivity contribution in [3.63, 3.8) is 0 Å². The Morgan fingerprint density at radius 1 is 1.23 bits per heavy atom. The molecule has 0 bridgehead atoms. The van der Waals surface area contributed by atoms with Gasteiger partial charge in [-0.2, -0.15) is 0 Å². The standard InChI is InChI=1S/C10H23NO2/c1-9(2)7-11(5-6-13-4)8-10(3)12/h9-10,12H,5-8H2,1-4H3. The largest absolute Gasteiger partial charge is 0.392 e. The molecule has 0 saturated heterocycles. The van der Waals surface area contributed by atoms with Crippen LogP contribution >= 0.6 is 0 Å². The van der Waals surface area contributed by atoms with E-state index < -0.39 is 0 Å². The van der Waals surface area contributed by atoms with Crippen LogP contribution in [0, 0.1) is 5.92 Å². The molecule has 3 heteroatoms. The first-order valence-corrected chi connectivity index (χ1v) is 4.95. The van der Waals surface area contributed by atoms with Gasteiger partial charge in [0.1, 0.15) is 0 Å². The molecule has 0 aromatic heterocycles. The summed E-state index contributed by atoms with van der Waals surface area (Å²) in [6.07, 6.45) is -0.254. The van der Waals surface area contributed by atoms with E-state index in [2.05, 4.69) is 18.7 Å². The molecule has 0 heterocycles. The van der Waals surface area contributed by atoms with Gasteiger partial charge in [0.05, 0.1) is 12.7 Å². The van der Waals surface area contributed by atoms with Crippen LogP contribution in [0.5, 0.6) is 0 Å². The molecule has 3 nitrogen and oxygen atoms in total. The molecule has 0 radical (unpaired) electrons. The van der Waals surface area contributed by atoms with Gasteiger partial charge in [-0.1, -0.05) is 13.8 Å². The summed E-state index contributed by atoms with van der Waals surface area (Å²) in [5.41, 5.74) is 0. The molecule has 0 rings (SSSR count). The summed E-state index contributed by atoms with van der Waals surface area (Å²) in [5, 5.41) is 9.25. The fourth-order valence-corrected chi connectivity index (χ4v) is 1.37. The van der Waals surface area contributed by atoms with Gasteiger partial charge in [-0.3, -0.25) is 4.90 Å². The lowest BCUT2D eigenvalue weighted by molar-refractivity contribution is 0.0912. The average Bonchev–Trinajstić information content (AvgIpc) is 1.98. The van der Waals surface area contributed by atoms with Crippen molar-refractivity contribution < 1.29 is 9.84 Å². The lowest BCUT2D eigenvalue weighted by atomic mass is 10.2. The minimum Gasteiger partial charge on any atom is -0.392 e.